The molecule has 9 rings (SSSR count). The first kappa shape index (κ1) is 25.4. The minimum absolute atomic E-state index is 0.852. The number of aromatic nitrogens is 4. The van der Waals surface area contributed by atoms with E-state index in [2.05, 4.69) is 132 Å². The Balaban J connectivity index is 1.24. The molecule has 7 aromatic carbocycles. The van der Waals surface area contributed by atoms with E-state index in [-0.39, 0.29) is 0 Å². The van der Waals surface area contributed by atoms with Crippen molar-refractivity contribution in [3.05, 3.63) is 158 Å². The van der Waals surface area contributed by atoms with Gasteiger partial charge in [0.25, 0.3) is 0 Å². The van der Waals surface area contributed by atoms with Crippen LogP contribution in [-0.2, 0) is 0 Å². The molecule has 0 radical (unpaired) electrons. The average molecular weight is 575 g/mol. The molecule has 0 aliphatic carbocycles. The topological polar surface area (TPSA) is 43.6 Å². The molecule has 0 saturated carbocycles. The van der Waals surface area contributed by atoms with E-state index in [1.165, 1.54) is 49.0 Å². The van der Waals surface area contributed by atoms with E-state index in [9.17, 15) is 0 Å². The van der Waals surface area contributed by atoms with Crippen LogP contribution in [-0.4, -0.2) is 20.0 Å². The molecule has 9 aromatic rings. The molecule has 0 fully saturated rings. The molecule has 0 N–H and O–H groups in total. The zero-order valence-electron chi connectivity index (χ0n) is 24.3. The van der Waals surface area contributed by atoms with Crippen molar-refractivity contribution >= 4 is 43.4 Å². The highest BCUT2D eigenvalue weighted by Gasteiger charge is 2.18. The van der Waals surface area contributed by atoms with E-state index >= 15 is 0 Å². The van der Waals surface area contributed by atoms with Crippen LogP contribution in [0, 0.1) is 0 Å². The molecule has 2 heterocycles. The van der Waals surface area contributed by atoms with Gasteiger partial charge in [0, 0.05) is 18.0 Å². The average Bonchev–Trinajstić information content (AvgIpc) is 3.55. The summed E-state index contributed by atoms with van der Waals surface area (Å²) in [5, 5.41) is 17.2. The van der Waals surface area contributed by atoms with Gasteiger partial charge in [-0.25, -0.2) is 0 Å². The highest BCUT2D eigenvalue weighted by atomic mass is 15.5. The van der Waals surface area contributed by atoms with Gasteiger partial charge in [-0.3, -0.25) is 4.98 Å². The molecule has 4 nitrogen and oxygen atoms in total. The van der Waals surface area contributed by atoms with E-state index in [4.69, 9.17) is 10.2 Å². The maximum atomic E-state index is 4.95. The third-order valence-corrected chi connectivity index (χ3v) is 8.73. The van der Waals surface area contributed by atoms with Crippen molar-refractivity contribution in [2.24, 2.45) is 0 Å². The first-order valence-electron chi connectivity index (χ1n) is 15.1. The normalized spacial score (nSPS) is 11.6. The molecule has 0 bridgehead atoms. The third-order valence-electron chi connectivity index (χ3n) is 8.73. The highest BCUT2D eigenvalue weighted by Crippen LogP contribution is 2.45. The summed E-state index contributed by atoms with van der Waals surface area (Å²) in [5.74, 6) is 0. The Bertz CT molecular complexity index is 2480. The number of hydrogen-bond acceptors (Lipinski definition) is 3. The minimum Gasteiger partial charge on any atom is -0.264 e. The quantitative estimate of drug-likeness (QED) is 0.196. The van der Waals surface area contributed by atoms with E-state index in [0.717, 1.165) is 33.4 Å². The number of rotatable bonds is 4. The zero-order chi connectivity index (χ0) is 29.7. The molecule has 0 atom stereocenters. The lowest BCUT2D eigenvalue weighted by atomic mass is 9.85. The maximum absolute atomic E-state index is 4.95. The second kappa shape index (κ2) is 10.2. The molecule has 0 saturated heterocycles. The zero-order valence-corrected chi connectivity index (χ0v) is 24.3. The smallest absolute Gasteiger partial charge is 0.114 e. The van der Waals surface area contributed by atoms with Gasteiger partial charge in [-0.05, 0) is 90.5 Å². The number of benzene rings is 7. The molecule has 0 aliphatic rings. The second-order valence-electron chi connectivity index (χ2n) is 11.4. The summed E-state index contributed by atoms with van der Waals surface area (Å²) in [4.78, 5) is 6.01. The fraction of sp³-hybridized carbons (Fsp3) is 0. The van der Waals surface area contributed by atoms with Crippen LogP contribution in [0.3, 0.4) is 0 Å². The van der Waals surface area contributed by atoms with E-state index in [1.54, 1.807) is 11.0 Å². The van der Waals surface area contributed by atoms with Crippen LogP contribution in [0.5, 0.6) is 0 Å². The Kier molecular flexibility index (Phi) is 5.78. The Morgan fingerprint density at radius 3 is 1.82 bits per heavy atom. The van der Waals surface area contributed by atoms with Gasteiger partial charge >= 0.3 is 0 Å². The Hall–Kier alpha value is -6.13. The van der Waals surface area contributed by atoms with Gasteiger partial charge in [0.05, 0.1) is 5.69 Å². The minimum atomic E-state index is 0.852. The van der Waals surface area contributed by atoms with E-state index < -0.39 is 0 Å². The predicted octanol–water partition coefficient (Wildman–Crippen LogP) is 10.3. The lowest BCUT2D eigenvalue weighted by Crippen LogP contribution is -1.98. The maximum Gasteiger partial charge on any atom is 0.114 e. The summed E-state index contributed by atoms with van der Waals surface area (Å²) in [7, 11) is 0. The van der Waals surface area contributed by atoms with Gasteiger partial charge in [0.15, 0.2) is 0 Å². The standard InChI is InChI=1S/C41H26N4/c1-2-15-32-27(10-1)11-8-20-33(32)41-36-18-5-3-16-34(36)40(35-17-4-6-19-37(35)41)29-21-22-38-39(25-29)44-45(43-38)31-14-7-12-28(24-31)30-13-9-23-42-26-30/h1-26H. The molecular formula is C41H26N4. The van der Waals surface area contributed by atoms with Crippen LogP contribution >= 0.6 is 0 Å². The summed E-state index contributed by atoms with van der Waals surface area (Å²) in [6.45, 7) is 0. The van der Waals surface area contributed by atoms with Gasteiger partial charge in [0.2, 0.25) is 0 Å². The molecular weight excluding hydrogens is 548 g/mol. The van der Waals surface area contributed by atoms with Crippen molar-refractivity contribution in [2.45, 2.75) is 0 Å². The Morgan fingerprint density at radius 1 is 0.422 bits per heavy atom. The van der Waals surface area contributed by atoms with Crippen LogP contribution in [0.1, 0.15) is 0 Å². The molecule has 0 spiro atoms. The largest absolute Gasteiger partial charge is 0.264 e. The molecule has 4 heteroatoms. The number of hydrogen-bond donors (Lipinski definition) is 0. The first-order chi connectivity index (χ1) is 22.3. The SMILES string of the molecule is c1cncc(-c2cccc(-n3nc4ccc(-c5c6ccccc6c(-c6cccc7ccccc67)c6ccccc56)cc4n3)c2)c1. The fourth-order valence-electron chi connectivity index (χ4n) is 6.70. The predicted molar refractivity (Wildman–Crippen MR) is 185 cm³/mol. The Labute approximate surface area is 259 Å². The van der Waals surface area contributed by atoms with Gasteiger partial charge in [0.1, 0.15) is 11.0 Å². The van der Waals surface area contributed by atoms with Gasteiger partial charge in [-0.15, -0.1) is 10.2 Å². The summed E-state index contributed by atoms with van der Waals surface area (Å²) >= 11 is 0. The van der Waals surface area contributed by atoms with Crippen molar-refractivity contribution in [2.75, 3.05) is 0 Å². The molecule has 0 unspecified atom stereocenters. The summed E-state index contributed by atoms with van der Waals surface area (Å²) in [5.41, 5.74) is 9.59. The lowest BCUT2D eigenvalue weighted by Gasteiger charge is -2.18. The number of nitrogens with zero attached hydrogens (tertiary/aromatic N) is 4. The highest BCUT2D eigenvalue weighted by molar-refractivity contribution is 6.23. The molecule has 2 aromatic heterocycles. The molecule has 0 aliphatic heterocycles. The van der Waals surface area contributed by atoms with Crippen LogP contribution in [0.4, 0.5) is 0 Å². The third kappa shape index (κ3) is 4.19. The monoisotopic (exact) mass is 574 g/mol. The van der Waals surface area contributed by atoms with Crippen molar-refractivity contribution in [3.8, 4) is 39.1 Å². The van der Waals surface area contributed by atoms with Gasteiger partial charge in [-0.2, -0.15) is 4.80 Å². The van der Waals surface area contributed by atoms with E-state index in [1.807, 2.05) is 24.4 Å². The number of pyridine rings is 1. The van der Waals surface area contributed by atoms with Crippen LogP contribution in [0.15, 0.2) is 158 Å². The fourth-order valence-corrected chi connectivity index (χ4v) is 6.70. The van der Waals surface area contributed by atoms with Gasteiger partial charge < -0.3 is 0 Å². The summed E-state index contributed by atoms with van der Waals surface area (Å²) in [6.07, 6.45) is 3.66. The number of fused-ring (bicyclic) bond motifs is 4. The van der Waals surface area contributed by atoms with Crippen LogP contribution < -0.4 is 0 Å². The van der Waals surface area contributed by atoms with E-state index in [0.29, 0.717) is 0 Å². The first-order valence-corrected chi connectivity index (χ1v) is 15.1. The lowest BCUT2D eigenvalue weighted by molar-refractivity contribution is 0.766. The molecule has 0 amide bonds. The second-order valence-corrected chi connectivity index (χ2v) is 11.4. The Morgan fingerprint density at radius 2 is 1.07 bits per heavy atom. The van der Waals surface area contributed by atoms with Crippen molar-refractivity contribution in [1.29, 1.82) is 0 Å². The molecule has 45 heavy (non-hydrogen) atoms. The van der Waals surface area contributed by atoms with Crippen LogP contribution in [0.25, 0.3) is 82.4 Å². The van der Waals surface area contributed by atoms with Crippen molar-refractivity contribution in [3.63, 3.8) is 0 Å². The summed E-state index contributed by atoms with van der Waals surface area (Å²) in [6, 6.07) is 51.5. The molecule has 210 valence electrons. The van der Waals surface area contributed by atoms with Crippen LogP contribution in [0.2, 0.25) is 0 Å². The summed E-state index contributed by atoms with van der Waals surface area (Å²) < 4.78 is 0. The van der Waals surface area contributed by atoms with Crippen molar-refractivity contribution < 1.29 is 0 Å². The van der Waals surface area contributed by atoms with Crippen molar-refractivity contribution in [1.82, 2.24) is 20.0 Å². The van der Waals surface area contributed by atoms with Gasteiger partial charge in [-0.1, -0.05) is 115 Å².